The maximum atomic E-state index is 11.8. The predicted octanol–water partition coefficient (Wildman–Crippen LogP) is 4.28. The van der Waals surface area contributed by atoms with Crippen LogP contribution in [0.1, 0.15) is 53.1 Å². The third-order valence-corrected chi connectivity index (χ3v) is 9.12. The average molecular weight is 562 g/mol. The summed E-state index contributed by atoms with van der Waals surface area (Å²) in [5.41, 5.74) is 3.78. The first-order valence-corrected chi connectivity index (χ1v) is 14.0. The van der Waals surface area contributed by atoms with Crippen LogP contribution in [-0.4, -0.2) is 76.9 Å². The van der Waals surface area contributed by atoms with Gasteiger partial charge < -0.3 is 25.0 Å². The molecule has 2 unspecified atom stereocenters. The molecule has 3 saturated heterocycles. The molecule has 1 aromatic carbocycles. The lowest BCUT2D eigenvalue weighted by Gasteiger charge is -2.40. The summed E-state index contributed by atoms with van der Waals surface area (Å²) in [6, 6.07) is 9.26. The zero-order valence-corrected chi connectivity index (χ0v) is 23.6. The fourth-order valence-electron chi connectivity index (χ4n) is 6.79. The second kappa shape index (κ2) is 10.1. The number of hydrogen-bond acceptors (Lipinski definition) is 9. The Bertz CT molecular complexity index is 1530. The Morgan fingerprint density at radius 1 is 1.25 bits per heavy atom. The topological polar surface area (TPSA) is 127 Å². The van der Waals surface area contributed by atoms with Crippen molar-refractivity contribution in [3.63, 3.8) is 0 Å². The zero-order valence-electron chi connectivity index (χ0n) is 22.8. The van der Waals surface area contributed by atoms with Crippen LogP contribution < -0.4 is 10.2 Å². The van der Waals surface area contributed by atoms with E-state index < -0.39 is 5.97 Å². The molecule has 208 valence electrons. The van der Waals surface area contributed by atoms with E-state index in [1.165, 1.54) is 0 Å². The number of carbonyl (C=O) groups is 1. The molecule has 0 aliphatic carbocycles. The maximum Gasteiger partial charge on any atom is 0.356 e. The molecule has 2 aromatic heterocycles. The second-order valence-corrected chi connectivity index (χ2v) is 11.8. The summed E-state index contributed by atoms with van der Waals surface area (Å²) in [5.74, 6) is -0.171. The van der Waals surface area contributed by atoms with Crippen LogP contribution in [0.4, 0.5) is 11.5 Å². The number of fused-ring (bicyclic) bond motifs is 3. The normalized spacial score (nSPS) is 22.8. The van der Waals surface area contributed by atoms with E-state index >= 15 is 0 Å². The van der Waals surface area contributed by atoms with E-state index in [1.54, 1.807) is 12.1 Å². The molecule has 3 aromatic rings. The first kappa shape index (κ1) is 26.7. The Balaban J connectivity index is 1.42. The van der Waals surface area contributed by atoms with Gasteiger partial charge in [-0.15, -0.1) is 0 Å². The lowest BCUT2D eigenvalue weighted by molar-refractivity contribution is 0.0691. The summed E-state index contributed by atoms with van der Waals surface area (Å²) in [7, 11) is 2.17. The molecule has 40 heavy (non-hydrogen) atoms. The Morgan fingerprint density at radius 2 is 2.02 bits per heavy atom. The van der Waals surface area contributed by atoms with Crippen LogP contribution in [0.25, 0.3) is 11.0 Å². The number of benzene rings is 1. The van der Waals surface area contributed by atoms with Crippen molar-refractivity contribution in [3.05, 3.63) is 51.9 Å². The van der Waals surface area contributed by atoms with Gasteiger partial charge in [0.15, 0.2) is 17.2 Å². The number of nitriles is 1. The predicted molar refractivity (Wildman–Crippen MR) is 152 cm³/mol. The molecule has 2 N–H and O–H groups in total. The lowest BCUT2D eigenvalue weighted by atomic mass is 9.70. The number of nitrogens with one attached hydrogen (secondary N) is 1. The third kappa shape index (κ3) is 4.52. The number of carboxylic acids is 1. The molecule has 0 bridgehead atoms. The molecular formula is C29H32ClN7O3. The smallest absolute Gasteiger partial charge is 0.356 e. The highest BCUT2D eigenvalue weighted by molar-refractivity contribution is 6.29. The minimum atomic E-state index is -1.17. The SMILES string of the molecule is Cc1cc([C@@H](C)Nc2ccc(Cl)nc2C(=O)O)c2nc(N3CC4(CCN(C)CC4)C4COCC43)c(C#N)nc2c1. The molecular weight excluding hydrogens is 530 g/mol. The standard InChI is InChI=1S/C29H32ClN7O3/c1-16-10-18(17(2)32-20-4-5-24(30)34-26(20)28(38)39)25-21(11-16)33-22(12-31)27(35-25)37-15-29(6-8-36(3)9-7-29)19-13-40-14-23(19)37/h4-5,10-11,17,19,23,32H,6-9,13-15H2,1-3H3,(H,38,39)/t17-,19?,23?/m1/s1. The summed E-state index contributed by atoms with van der Waals surface area (Å²) in [4.78, 5) is 30.4. The van der Waals surface area contributed by atoms with E-state index in [2.05, 4.69) is 33.2 Å². The van der Waals surface area contributed by atoms with E-state index in [9.17, 15) is 15.2 Å². The van der Waals surface area contributed by atoms with Crippen molar-refractivity contribution in [2.45, 2.75) is 38.8 Å². The Morgan fingerprint density at radius 3 is 2.75 bits per heavy atom. The molecule has 11 heteroatoms. The number of carboxylic acid groups (broad SMARTS) is 1. The molecule has 0 radical (unpaired) electrons. The van der Waals surface area contributed by atoms with Crippen molar-refractivity contribution in [1.29, 1.82) is 5.26 Å². The summed E-state index contributed by atoms with van der Waals surface area (Å²) in [6.07, 6.45) is 2.19. The van der Waals surface area contributed by atoms with Gasteiger partial charge in [-0.05, 0) is 76.0 Å². The summed E-state index contributed by atoms with van der Waals surface area (Å²) in [6.45, 7) is 8.20. The van der Waals surface area contributed by atoms with Crippen LogP contribution in [0, 0.1) is 29.6 Å². The number of aryl methyl sites for hydroxylation is 1. The number of rotatable bonds is 5. The van der Waals surface area contributed by atoms with Crippen molar-refractivity contribution in [2.24, 2.45) is 11.3 Å². The van der Waals surface area contributed by atoms with E-state index in [0.717, 1.165) is 50.2 Å². The van der Waals surface area contributed by atoms with E-state index in [1.807, 2.05) is 26.0 Å². The minimum absolute atomic E-state index is 0.110. The second-order valence-electron chi connectivity index (χ2n) is 11.4. The van der Waals surface area contributed by atoms with Crippen molar-refractivity contribution in [3.8, 4) is 6.07 Å². The summed E-state index contributed by atoms with van der Waals surface area (Å²) >= 11 is 5.96. The fourth-order valence-corrected chi connectivity index (χ4v) is 6.94. The van der Waals surface area contributed by atoms with Gasteiger partial charge >= 0.3 is 5.97 Å². The highest BCUT2D eigenvalue weighted by Gasteiger charge is 2.56. The lowest BCUT2D eigenvalue weighted by Crippen LogP contribution is -2.43. The van der Waals surface area contributed by atoms with E-state index in [4.69, 9.17) is 26.3 Å². The quantitative estimate of drug-likeness (QED) is 0.436. The first-order valence-electron chi connectivity index (χ1n) is 13.6. The Labute approximate surface area is 237 Å². The maximum absolute atomic E-state index is 11.8. The molecule has 6 rings (SSSR count). The molecule has 3 atom stereocenters. The third-order valence-electron chi connectivity index (χ3n) is 8.91. The number of halogens is 1. The molecule has 0 amide bonds. The Hall–Kier alpha value is -3.52. The summed E-state index contributed by atoms with van der Waals surface area (Å²) < 4.78 is 6.00. The Kier molecular flexibility index (Phi) is 6.77. The van der Waals surface area contributed by atoms with Gasteiger partial charge in [-0.1, -0.05) is 17.7 Å². The van der Waals surface area contributed by atoms with Crippen molar-refractivity contribution in [2.75, 3.05) is 50.1 Å². The van der Waals surface area contributed by atoms with Gasteiger partial charge in [-0.2, -0.15) is 5.26 Å². The molecule has 0 saturated carbocycles. The number of hydrogen-bond donors (Lipinski definition) is 2. The number of ether oxygens (including phenoxy) is 1. The van der Waals surface area contributed by atoms with Crippen molar-refractivity contribution < 1.29 is 14.6 Å². The van der Waals surface area contributed by atoms with Crippen LogP contribution in [0.5, 0.6) is 0 Å². The van der Waals surface area contributed by atoms with Gasteiger partial charge in [-0.25, -0.2) is 19.7 Å². The van der Waals surface area contributed by atoms with Gasteiger partial charge in [0.1, 0.15) is 11.2 Å². The number of nitrogens with zero attached hydrogens (tertiary/aromatic N) is 6. The van der Waals surface area contributed by atoms with Gasteiger partial charge in [0.05, 0.1) is 42.0 Å². The van der Waals surface area contributed by atoms with Gasteiger partial charge in [0.2, 0.25) is 0 Å². The van der Waals surface area contributed by atoms with Gasteiger partial charge in [0.25, 0.3) is 0 Å². The number of piperidine rings is 1. The van der Waals surface area contributed by atoms with Crippen LogP contribution in [0.15, 0.2) is 24.3 Å². The minimum Gasteiger partial charge on any atom is -0.476 e. The highest BCUT2D eigenvalue weighted by Crippen LogP contribution is 2.51. The summed E-state index contributed by atoms with van der Waals surface area (Å²) in [5, 5.41) is 23.2. The first-order chi connectivity index (χ1) is 19.2. The van der Waals surface area contributed by atoms with Crippen molar-refractivity contribution in [1.82, 2.24) is 19.9 Å². The number of anilines is 2. The van der Waals surface area contributed by atoms with Gasteiger partial charge in [0, 0.05) is 18.0 Å². The highest BCUT2D eigenvalue weighted by atomic mass is 35.5. The molecule has 5 heterocycles. The van der Waals surface area contributed by atoms with Crippen LogP contribution in [0.2, 0.25) is 5.15 Å². The fraction of sp³-hybridized carbons (Fsp3) is 0.483. The average Bonchev–Trinajstić information content (AvgIpc) is 3.53. The monoisotopic (exact) mass is 561 g/mol. The number of aromatic nitrogens is 3. The van der Waals surface area contributed by atoms with Gasteiger partial charge in [-0.3, -0.25) is 0 Å². The van der Waals surface area contributed by atoms with Crippen LogP contribution >= 0.6 is 11.6 Å². The number of aromatic carboxylic acids is 1. The van der Waals surface area contributed by atoms with Crippen LogP contribution in [-0.2, 0) is 4.74 Å². The van der Waals surface area contributed by atoms with Crippen molar-refractivity contribution >= 4 is 40.1 Å². The van der Waals surface area contributed by atoms with Crippen LogP contribution in [0.3, 0.4) is 0 Å². The largest absolute Gasteiger partial charge is 0.476 e. The van der Waals surface area contributed by atoms with E-state index in [-0.39, 0.29) is 28.3 Å². The zero-order chi connectivity index (χ0) is 28.2. The van der Waals surface area contributed by atoms with E-state index in [0.29, 0.717) is 40.8 Å². The molecule has 10 nitrogen and oxygen atoms in total. The number of likely N-dealkylation sites (tertiary alicyclic amines) is 1. The molecule has 3 aliphatic rings. The molecule has 3 fully saturated rings. The number of pyridine rings is 1. The molecule has 1 spiro atoms. The molecule has 3 aliphatic heterocycles.